The number of ether oxygens (including phenoxy) is 1. The van der Waals surface area contributed by atoms with Gasteiger partial charge in [-0.15, -0.1) is 0 Å². The second kappa shape index (κ2) is 60.2. The first kappa shape index (κ1) is 68.6. The zero-order valence-electron chi connectivity index (χ0n) is 47.5. The van der Waals surface area contributed by atoms with E-state index in [1.54, 1.807) is 0 Å². The van der Waals surface area contributed by atoms with Crippen molar-refractivity contribution in [3.63, 3.8) is 0 Å². The van der Waals surface area contributed by atoms with Gasteiger partial charge in [0.05, 0.1) is 25.4 Å². The minimum Gasteiger partial charge on any atom is -0.466 e. The Balaban J connectivity index is 3.35. The number of aliphatic hydroxyl groups is 2. The molecule has 0 aliphatic heterocycles. The molecule has 0 aromatic rings. The van der Waals surface area contributed by atoms with Gasteiger partial charge in [0.15, 0.2) is 0 Å². The standard InChI is InChI=1S/C64H125NO5/c1-3-5-7-9-11-13-15-16-17-18-24-28-31-34-38-42-46-50-54-58-64(69)70-59-55-51-47-43-39-35-32-29-26-23-21-19-20-22-25-27-30-33-37-41-45-49-53-57-63(68)65-61(60-66)62(67)56-52-48-44-40-36-14-12-10-8-6-4-2/h22,25,61-62,66-67H,3-21,23-24,26-60H2,1-2H3,(H,65,68)/b25-22-. The van der Waals surface area contributed by atoms with E-state index in [0.29, 0.717) is 25.9 Å². The molecule has 0 aromatic carbocycles. The first-order valence-electron chi connectivity index (χ1n) is 31.9. The Kier molecular flexibility index (Phi) is 59.0. The molecule has 0 heterocycles. The molecule has 70 heavy (non-hydrogen) atoms. The Morgan fingerprint density at radius 3 is 1.01 bits per heavy atom. The molecule has 3 N–H and O–H groups in total. The van der Waals surface area contributed by atoms with Crippen LogP contribution in [0, 0.1) is 0 Å². The Morgan fingerprint density at radius 1 is 0.386 bits per heavy atom. The molecule has 0 saturated carbocycles. The normalized spacial score (nSPS) is 12.6. The fraction of sp³-hybridized carbons (Fsp3) is 0.938. The molecular weight excluding hydrogens is 863 g/mol. The van der Waals surface area contributed by atoms with E-state index >= 15 is 0 Å². The first-order valence-corrected chi connectivity index (χ1v) is 31.9. The molecule has 0 aliphatic carbocycles. The minimum absolute atomic E-state index is 0.0169. The average Bonchev–Trinajstić information content (AvgIpc) is 3.36. The van der Waals surface area contributed by atoms with Crippen molar-refractivity contribution in [2.45, 2.75) is 373 Å². The van der Waals surface area contributed by atoms with Gasteiger partial charge in [0.1, 0.15) is 0 Å². The second-order valence-electron chi connectivity index (χ2n) is 22.1. The van der Waals surface area contributed by atoms with Crippen LogP contribution in [0.25, 0.3) is 0 Å². The highest BCUT2D eigenvalue weighted by Gasteiger charge is 2.20. The molecule has 416 valence electrons. The quantitative estimate of drug-likeness (QED) is 0.0321. The molecule has 0 aromatic heterocycles. The SMILES string of the molecule is CCCCCCCCCCCCCCCCCCCCCC(=O)OCCCCCCCCCCCCCC/C=C\CCCCCCCCCC(=O)NC(CO)C(O)CCCCCCCCCCCCC. The van der Waals surface area contributed by atoms with E-state index in [2.05, 4.69) is 31.3 Å². The van der Waals surface area contributed by atoms with Crippen molar-refractivity contribution in [1.82, 2.24) is 5.32 Å². The van der Waals surface area contributed by atoms with E-state index in [4.69, 9.17) is 4.74 Å². The summed E-state index contributed by atoms with van der Waals surface area (Å²) in [5, 5.41) is 23.2. The van der Waals surface area contributed by atoms with Crippen LogP contribution in [-0.2, 0) is 14.3 Å². The highest BCUT2D eigenvalue weighted by Crippen LogP contribution is 2.18. The molecule has 6 nitrogen and oxygen atoms in total. The predicted octanol–water partition coefficient (Wildman–Crippen LogP) is 20.0. The van der Waals surface area contributed by atoms with Gasteiger partial charge < -0.3 is 20.3 Å². The number of aliphatic hydroxyl groups excluding tert-OH is 2. The van der Waals surface area contributed by atoms with E-state index in [1.165, 1.54) is 289 Å². The fourth-order valence-corrected chi connectivity index (χ4v) is 10.2. The van der Waals surface area contributed by atoms with Crippen LogP contribution in [0.15, 0.2) is 12.2 Å². The molecular formula is C64H125NO5. The number of nitrogens with one attached hydrogen (secondary N) is 1. The van der Waals surface area contributed by atoms with E-state index in [-0.39, 0.29) is 18.5 Å². The van der Waals surface area contributed by atoms with Crippen molar-refractivity contribution < 1.29 is 24.5 Å². The Morgan fingerprint density at radius 2 is 0.671 bits per heavy atom. The number of allylic oxidation sites excluding steroid dienone is 2. The lowest BCUT2D eigenvalue weighted by molar-refractivity contribution is -0.143. The molecule has 0 spiro atoms. The number of carbonyl (C=O) groups is 2. The molecule has 6 heteroatoms. The monoisotopic (exact) mass is 988 g/mol. The van der Waals surface area contributed by atoms with Gasteiger partial charge in [-0.05, 0) is 51.4 Å². The van der Waals surface area contributed by atoms with E-state index < -0.39 is 12.1 Å². The van der Waals surface area contributed by atoms with Gasteiger partial charge in [-0.25, -0.2) is 0 Å². The van der Waals surface area contributed by atoms with Crippen LogP contribution >= 0.6 is 0 Å². The molecule has 0 radical (unpaired) electrons. The van der Waals surface area contributed by atoms with Crippen molar-refractivity contribution in [1.29, 1.82) is 0 Å². The van der Waals surface area contributed by atoms with Gasteiger partial charge in [-0.3, -0.25) is 9.59 Å². The van der Waals surface area contributed by atoms with Crippen LogP contribution in [0.3, 0.4) is 0 Å². The van der Waals surface area contributed by atoms with Crippen molar-refractivity contribution in [2.75, 3.05) is 13.2 Å². The summed E-state index contributed by atoms with van der Waals surface area (Å²) in [5.74, 6) is -0.0238. The topological polar surface area (TPSA) is 95.9 Å². The third-order valence-electron chi connectivity index (χ3n) is 15.1. The van der Waals surface area contributed by atoms with Gasteiger partial charge >= 0.3 is 5.97 Å². The predicted molar refractivity (Wildman–Crippen MR) is 306 cm³/mol. The molecule has 0 rings (SSSR count). The zero-order chi connectivity index (χ0) is 50.7. The van der Waals surface area contributed by atoms with Crippen molar-refractivity contribution in [3.8, 4) is 0 Å². The number of esters is 1. The summed E-state index contributed by atoms with van der Waals surface area (Å²) >= 11 is 0. The van der Waals surface area contributed by atoms with Crippen LogP contribution in [0.4, 0.5) is 0 Å². The lowest BCUT2D eigenvalue weighted by atomic mass is 10.0. The molecule has 0 aliphatic rings. The summed E-state index contributed by atoms with van der Waals surface area (Å²) in [6, 6.07) is -0.544. The summed E-state index contributed by atoms with van der Waals surface area (Å²) in [6.07, 6.45) is 72.4. The number of hydrogen-bond donors (Lipinski definition) is 3. The maximum atomic E-state index is 12.4. The van der Waals surface area contributed by atoms with Crippen LogP contribution in [0.5, 0.6) is 0 Å². The zero-order valence-corrected chi connectivity index (χ0v) is 47.5. The summed E-state index contributed by atoms with van der Waals surface area (Å²) in [4.78, 5) is 24.5. The van der Waals surface area contributed by atoms with Crippen LogP contribution < -0.4 is 5.32 Å². The second-order valence-corrected chi connectivity index (χ2v) is 22.1. The van der Waals surface area contributed by atoms with Gasteiger partial charge in [0, 0.05) is 12.8 Å². The summed E-state index contributed by atoms with van der Waals surface area (Å²) in [5.41, 5.74) is 0. The van der Waals surface area contributed by atoms with E-state index in [1.807, 2.05) is 0 Å². The highest BCUT2D eigenvalue weighted by atomic mass is 16.5. The minimum atomic E-state index is -0.666. The summed E-state index contributed by atoms with van der Waals surface area (Å²) < 4.78 is 5.50. The first-order chi connectivity index (χ1) is 34.5. The molecule has 2 atom stereocenters. The lowest BCUT2D eigenvalue weighted by Crippen LogP contribution is -2.45. The van der Waals surface area contributed by atoms with E-state index in [9.17, 15) is 19.8 Å². The van der Waals surface area contributed by atoms with Crippen LogP contribution in [0.1, 0.15) is 361 Å². The maximum Gasteiger partial charge on any atom is 0.305 e. The van der Waals surface area contributed by atoms with Gasteiger partial charge in [0.25, 0.3) is 0 Å². The molecule has 1 amide bonds. The molecule has 0 bridgehead atoms. The number of carbonyl (C=O) groups excluding carboxylic acids is 2. The Labute approximate surface area is 438 Å². The van der Waals surface area contributed by atoms with Crippen LogP contribution in [-0.4, -0.2) is 47.4 Å². The molecule has 0 saturated heterocycles. The molecule has 2 unspecified atom stereocenters. The van der Waals surface area contributed by atoms with E-state index in [0.717, 1.165) is 38.5 Å². The Hall–Kier alpha value is -1.40. The number of amides is 1. The maximum absolute atomic E-state index is 12.4. The van der Waals surface area contributed by atoms with Gasteiger partial charge in [0.2, 0.25) is 5.91 Å². The lowest BCUT2D eigenvalue weighted by Gasteiger charge is -2.22. The van der Waals surface area contributed by atoms with Crippen molar-refractivity contribution in [3.05, 3.63) is 12.2 Å². The Bertz CT molecular complexity index is 1050. The van der Waals surface area contributed by atoms with Crippen molar-refractivity contribution in [2.24, 2.45) is 0 Å². The highest BCUT2D eigenvalue weighted by molar-refractivity contribution is 5.76. The average molecular weight is 989 g/mol. The largest absolute Gasteiger partial charge is 0.466 e. The smallest absolute Gasteiger partial charge is 0.305 e. The number of hydrogen-bond acceptors (Lipinski definition) is 5. The molecule has 0 fully saturated rings. The summed E-state index contributed by atoms with van der Waals surface area (Å²) in [6.45, 7) is 4.97. The van der Waals surface area contributed by atoms with Gasteiger partial charge in [-0.1, -0.05) is 309 Å². The van der Waals surface area contributed by atoms with Crippen LogP contribution in [0.2, 0.25) is 0 Å². The summed E-state index contributed by atoms with van der Waals surface area (Å²) in [7, 11) is 0. The fourth-order valence-electron chi connectivity index (χ4n) is 10.2. The van der Waals surface area contributed by atoms with Crippen molar-refractivity contribution >= 4 is 11.9 Å². The third-order valence-corrected chi connectivity index (χ3v) is 15.1. The number of unbranched alkanes of at least 4 members (excludes halogenated alkanes) is 47. The number of rotatable bonds is 60. The third kappa shape index (κ3) is 55.9. The van der Waals surface area contributed by atoms with Gasteiger partial charge in [-0.2, -0.15) is 0 Å².